The minimum absolute atomic E-state index is 0.0570. The van der Waals surface area contributed by atoms with Gasteiger partial charge < -0.3 is 9.13 Å². The molecule has 0 saturated carbocycles. The fraction of sp³-hybridized carbons (Fsp3) is 0. The SMILES string of the molecule is O=c1c2cc(-n3c4ccccc4c4ccccc43)cc3cc(-n4c5ccccc5c5ccccc54)cc(c32)c2nc3ccccc3n12. The number of imidazole rings is 1. The molecule has 0 radical (unpaired) electrons. The molecule has 0 atom stereocenters. The molecule has 0 bridgehead atoms. The van der Waals surface area contributed by atoms with Gasteiger partial charge in [0.25, 0.3) is 5.56 Å². The van der Waals surface area contributed by atoms with E-state index >= 15 is 0 Å². The van der Waals surface area contributed by atoms with E-state index in [2.05, 4.69) is 130 Å². The second-order valence-electron chi connectivity index (χ2n) is 12.4. The van der Waals surface area contributed by atoms with Gasteiger partial charge in [0.05, 0.1) is 38.5 Å². The molecule has 0 N–H and O–H groups in total. The summed E-state index contributed by atoms with van der Waals surface area (Å²) in [6.45, 7) is 0. The van der Waals surface area contributed by atoms with Crippen LogP contribution in [0.1, 0.15) is 0 Å². The summed E-state index contributed by atoms with van der Waals surface area (Å²) in [4.78, 5) is 19.6. The number of rotatable bonds is 2. The van der Waals surface area contributed by atoms with Crippen LogP contribution in [-0.4, -0.2) is 18.5 Å². The summed E-state index contributed by atoms with van der Waals surface area (Å²) < 4.78 is 6.44. The van der Waals surface area contributed by atoms with Crippen LogP contribution in [0, 0.1) is 0 Å². The Morgan fingerprint density at radius 2 is 0.851 bits per heavy atom. The third-order valence-electron chi connectivity index (χ3n) is 9.93. The quantitative estimate of drug-likeness (QED) is 0.198. The van der Waals surface area contributed by atoms with E-state index in [1.165, 1.54) is 21.5 Å². The highest BCUT2D eigenvalue weighted by molar-refractivity contribution is 6.18. The zero-order chi connectivity index (χ0) is 30.8. The van der Waals surface area contributed by atoms with Crippen LogP contribution >= 0.6 is 0 Å². The predicted octanol–water partition coefficient (Wildman–Crippen LogP) is 9.79. The topological polar surface area (TPSA) is 44.2 Å². The van der Waals surface area contributed by atoms with Gasteiger partial charge in [0.1, 0.15) is 5.65 Å². The van der Waals surface area contributed by atoms with Gasteiger partial charge in [-0.3, -0.25) is 9.20 Å². The highest BCUT2D eigenvalue weighted by Crippen LogP contribution is 2.39. The number of para-hydroxylation sites is 6. The summed E-state index contributed by atoms with van der Waals surface area (Å²) >= 11 is 0. The lowest BCUT2D eigenvalue weighted by Gasteiger charge is -2.16. The van der Waals surface area contributed by atoms with Gasteiger partial charge in [0, 0.05) is 43.7 Å². The number of nitrogens with zero attached hydrogens (tertiary/aromatic N) is 4. The Labute approximate surface area is 267 Å². The molecule has 47 heavy (non-hydrogen) atoms. The molecule has 0 amide bonds. The highest BCUT2D eigenvalue weighted by atomic mass is 16.1. The minimum Gasteiger partial charge on any atom is -0.309 e. The van der Waals surface area contributed by atoms with E-state index in [1.807, 2.05) is 24.3 Å². The van der Waals surface area contributed by atoms with Crippen molar-refractivity contribution in [2.75, 3.05) is 0 Å². The Hall–Kier alpha value is -6.46. The molecule has 218 valence electrons. The minimum atomic E-state index is -0.0570. The second-order valence-corrected chi connectivity index (χ2v) is 12.4. The number of fused-ring (bicyclic) bond motifs is 10. The first-order valence-electron chi connectivity index (χ1n) is 15.9. The Morgan fingerprint density at radius 3 is 1.36 bits per heavy atom. The lowest BCUT2D eigenvalue weighted by atomic mass is 10.00. The van der Waals surface area contributed by atoms with E-state index in [9.17, 15) is 4.79 Å². The van der Waals surface area contributed by atoms with Crippen molar-refractivity contribution in [1.82, 2.24) is 18.5 Å². The molecule has 4 heterocycles. The number of pyridine rings is 1. The fourth-order valence-electron chi connectivity index (χ4n) is 8.02. The molecule has 0 spiro atoms. The molecule has 0 unspecified atom stereocenters. The Balaban J connectivity index is 1.36. The Morgan fingerprint density at radius 1 is 0.426 bits per heavy atom. The van der Waals surface area contributed by atoms with Gasteiger partial charge in [0.2, 0.25) is 0 Å². The Kier molecular flexibility index (Phi) is 4.66. The first-order chi connectivity index (χ1) is 23.2. The van der Waals surface area contributed by atoms with Gasteiger partial charge in [-0.2, -0.15) is 0 Å². The fourth-order valence-corrected chi connectivity index (χ4v) is 8.02. The first-order valence-corrected chi connectivity index (χ1v) is 15.9. The smallest absolute Gasteiger partial charge is 0.264 e. The summed E-state index contributed by atoms with van der Waals surface area (Å²) in [6.07, 6.45) is 0. The van der Waals surface area contributed by atoms with E-state index < -0.39 is 0 Å². The van der Waals surface area contributed by atoms with Crippen molar-refractivity contribution >= 4 is 81.8 Å². The normalized spacial score (nSPS) is 12.3. The number of aromatic nitrogens is 4. The van der Waals surface area contributed by atoms with Gasteiger partial charge in [-0.1, -0.05) is 84.9 Å². The summed E-state index contributed by atoms with van der Waals surface area (Å²) in [7, 11) is 0. The highest BCUT2D eigenvalue weighted by Gasteiger charge is 2.21. The van der Waals surface area contributed by atoms with Crippen LogP contribution in [0.25, 0.3) is 93.2 Å². The maximum Gasteiger partial charge on any atom is 0.264 e. The van der Waals surface area contributed by atoms with Crippen molar-refractivity contribution in [2.24, 2.45) is 0 Å². The third-order valence-corrected chi connectivity index (χ3v) is 9.93. The van der Waals surface area contributed by atoms with Crippen LogP contribution in [0.5, 0.6) is 0 Å². The zero-order valence-corrected chi connectivity index (χ0v) is 25.1. The lowest BCUT2D eigenvalue weighted by Crippen LogP contribution is -2.14. The molecular weight excluding hydrogens is 576 g/mol. The van der Waals surface area contributed by atoms with Crippen LogP contribution < -0.4 is 5.56 Å². The molecule has 0 aliphatic heterocycles. The van der Waals surface area contributed by atoms with E-state index in [4.69, 9.17) is 4.98 Å². The van der Waals surface area contributed by atoms with Gasteiger partial charge in [0.15, 0.2) is 0 Å². The molecule has 11 rings (SSSR count). The molecule has 0 fully saturated rings. The van der Waals surface area contributed by atoms with Crippen LogP contribution in [0.4, 0.5) is 0 Å². The van der Waals surface area contributed by atoms with Gasteiger partial charge in [-0.05, 0) is 66.0 Å². The van der Waals surface area contributed by atoms with Crippen molar-refractivity contribution in [2.45, 2.75) is 0 Å². The molecule has 0 saturated heterocycles. The van der Waals surface area contributed by atoms with Crippen molar-refractivity contribution in [3.8, 4) is 11.4 Å². The molecule has 0 aliphatic carbocycles. The predicted molar refractivity (Wildman–Crippen MR) is 194 cm³/mol. The van der Waals surface area contributed by atoms with Gasteiger partial charge in [-0.15, -0.1) is 0 Å². The van der Waals surface area contributed by atoms with Crippen molar-refractivity contribution < 1.29 is 0 Å². The first kappa shape index (κ1) is 24.8. The average Bonchev–Trinajstić information content (AvgIpc) is 3.78. The molecule has 0 aliphatic rings. The number of hydrogen-bond acceptors (Lipinski definition) is 2. The summed E-state index contributed by atoms with van der Waals surface area (Å²) in [5.74, 6) is 0. The number of benzene rings is 7. The van der Waals surface area contributed by atoms with E-state index in [1.54, 1.807) is 4.40 Å². The maximum absolute atomic E-state index is 14.6. The standard InChI is InChI=1S/C42H24N4O/c47-42-33-24-27(45-37-18-8-3-13-30(37)31-14-4-9-19-38(31)45)22-25-21-26(44-35-16-6-1-11-28(35)29-12-2-7-17-36(29)44)23-32(40(25)33)41-43-34-15-5-10-20-39(34)46(41)42/h1-24H. The monoisotopic (exact) mass is 600 g/mol. The van der Waals surface area contributed by atoms with Crippen LogP contribution in [0.15, 0.2) is 150 Å². The van der Waals surface area contributed by atoms with Crippen molar-refractivity contribution in [1.29, 1.82) is 0 Å². The Bertz CT molecular complexity index is 3050. The van der Waals surface area contributed by atoms with Crippen LogP contribution in [-0.2, 0) is 0 Å². The molecule has 7 aromatic carbocycles. The summed E-state index contributed by atoms with van der Waals surface area (Å²) in [5.41, 5.74) is 8.72. The van der Waals surface area contributed by atoms with Gasteiger partial charge >= 0.3 is 0 Å². The largest absolute Gasteiger partial charge is 0.309 e. The molecule has 4 aromatic heterocycles. The molecule has 11 aromatic rings. The van der Waals surface area contributed by atoms with E-state index in [0.29, 0.717) is 11.0 Å². The van der Waals surface area contributed by atoms with Gasteiger partial charge in [-0.25, -0.2) is 4.98 Å². The molecule has 5 nitrogen and oxygen atoms in total. The average molecular weight is 601 g/mol. The van der Waals surface area contributed by atoms with Crippen molar-refractivity contribution in [3.05, 3.63) is 156 Å². The second kappa shape index (κ2) is 8.83. The van der Waals surface area contributed by atoms with E-state index in [-0.39, 0.29) is 5.56 Å². The number of hydrogen-bond donors (Lipinski definition) is 0. The lowest BCUT2D eigenvalue weighted by molar-refractivity contribution is 1.16. The molecular formula is C42H24N4O. The van der Waals surface area contributed by atoms with E-state index in [0.717, 1.165) is 60.6 Å². The van der Waals surface area contributed by atoms with Crippen LogP contribution in [0.2, 0.25) is 0 Å². The zero-order valence-electron chi connectivity index (χ0n) is 25.1. The van der Waals surface area contributed by atoms with Crippen molar-refractivity contribution in [3.63, 3.8) is 0 Å². The third kappa shape index (κ3) is 3.17. The summed E-state index contributed by atoms with van der Waals surface area (Å²) in [6, 6.07) is 50.8. The summed E-state index contributed by atoms with van der Waals surface area (Å²) in [5, 5.41) is 8.36. The molecule has 5 heteroatoms. The van der Waals surface area contributed by atoms with Crippen LogP contribution in [0.3, 0.4) is 0 Å². The maximum atomic E-state index is 14.6.